The molecule has 1 aromatic rings. The Labute approximate surface area is 106 Å². The van der Waals surface area contributed by atoms with Crippen LogP contribution in [0.15, 0.2) is 22.7 Å². The summed E-state index contributed by atoms with van der Waals surface area (Å²) in [6.45, 7) is 1.73. The fraction of sp³-hybridized carbons (Fsp3) is 0.300. The topological polar surface area (TPSA) is 98.3 Å². The molecule has 0 fully saturated rings. The van der Waals surface area contributed by atoms with Gasteiger partial charge in [-0.05, 0) is 35.0 Å². The third-order valence-corrected chi connectivity index (χ3v) is 2.57. The summed E-state index contributed by atoms with van der Waals surface area (Å²) in [7, 11) is 0. The van der Waals surface area contributed by atoms with Gasteiger partial charge in [0.15, 0.2) is 0 Å². The average molecular weight is 302 g/mol. The van der Waals surface area contributed by atoms with Gasteiger partial charge in [-0.2, -0.15) is 0 Å². The van der Waals surface area contributed by atoms with E-state index in [0.717, 1.165) is 0 Å². The van der Waals surface area contributed by atoms with Gasteiger partial charge in [-0.1, -0.05) is 0 Å². The number of hydrogen-bond acceptors (Lipinski definition) is 4. The smallest absolute Gasteiger partial charge is 0.283 e. The number of carbonyl (C=O) groups excluding carboxylic acids is 1. The maximum absolute atomic E-state index is 11.4. The lowest BCUT2D eigenvalue weighted by Crippen LogP contribution is -2.23. The van der Waals surface area contributed by atoms with E-state index in [4.69, 9.17) is 5.73 Å². The molecule has 0 bridgehead atoms. The molecule has 0 spiro atoms. The quantitative estimate of drug-likeness (QED) is 0.656. The lowest BCUT2D eigenvalue weighted by molar-refractivity contribution is -0.385. The minimum Gasteiger partial charge on any atom is -0.327 e. The average Bonchev–Trinajstić information content (AvgIpc) is 2.15. The number of nitro benzene ring substituents is 1. The summed E-state index contributed by atoms with van der Waals surface area (Å²) in [4.78, 5) is 21.5. The van der Waals surface area contributed by atoms with Gasteiger partial charge < -0.3 is 11.1 Å². The van der Waals surface area contributed by atoms with E-state index < -0.39 is 4.92 Å². The van der Waals surface area contributed by atoms with Gasteiger partial charge >= 0.3 is 0 Å². The molecule has 0 heterocycles. The van der Waals surface area contributed by atoms with Gasteiger partial charge in [-0.25, -0.2) is 0 Å². The first-order valence-electron chi connectivity index (χ1n) is 4.89. The second-order valence-electron chi connectivity index (χ2n) is 3.65. The van der Waals surface area contributed by atoms with Gasteiger partial charge in [0.2, 0.25) is 5.91 Å². The Morgan fingerprint density at radius 1 is 1.65 bits per heavy atom. The van der Waals surface area contributed by atoms with E-state index in [2.05, 4.69) is 21.2 Å². The van der Waals surface area contributed by atoms with Crippen molar-refractivity contribution in [3.63, 3.8) is 0 Å². The number of nitrogens with one attached hydrogen (secondary N) is 1. The fourth-order valence-corrected chi connectivity index (χ4v) is 1.76. The van der Waals surface area contributed by atoms with Crippen LogP contribution in [0.2, 0.25) is 0 Å². The summed E-state index contributed by atoms with van der Waals surface area (Å²) >= 11 is 3.07. The zero-order chi connectivity index (χ0) is 13.0. The van der Waals surface area contributed by atoms with E-state index >= 15 is 0 Å². The van der Waals surface area contributed by atoms with Crippen molar-refractivity contribution in [3.05, 3.63) is 32.8 Å². The second-order valence-corrected chi connectivity index (χ2v) is 4.51. The molecule has 0 aliphatic carbocycles. The standard InChI is InChI=1S/C10H12BrN3O3/c1-6(12)4-10(15)13-7-2-3-9(14(16)17)8(11)5-7/h2-3,5-6H,4,12H2,1H3,(H,13,15). The molecule has 0 saturated carbocycles. The van der Waals surface area contributed by atoms with Crippen molar-refractivity contribution in [2.24, 2.45) is 5.73 Å². The summed E-state index contributed by atoms with van der Waals surface area (Å²) in [5.41, 5.74) is 5.93. The van der Waals surface area contributed by atoms with Crippen LogP contribution in [0.1, 0.15) is 13.3 Å². The highest BCUT2D eigenvalue weighted by Crippen LogP contribution is 2.27. The maximum Gasteiger partial charge on any atom is 0.283 e. The summed E-state index contributed by atoms with van der Waals surface area (Å²) < 4.78 is 0.320. The van der Waals surface area contributed by atoms with Crippen molar-refractivity contribution in [1.82, 2.24) is 0 Å². The van der Waals surface area contributed by atoms with E-state index in [1.807, 2.05) is 0 Å². The molecule has 0 radical (unpaired) electrons. The monoisotopic (exact) mass is 301 g/mol. The van der Waals surface area contributed by atoms with E-state index in [1.54, 1.807) is 6.92 Å². The number of amides is 1. The first kappa shape index (κ1) is 13.6. The predicted molar refractivity (Wildman–Crippen MR) is 67.7 cm³/mol. The Hall–Kier alpha value is -1.47. The maximum atomic E-state index is 11.4. The fourth-order valence-electron chi connectivity index (χ4n) is 1.24. The lowest BCUT2D eigenvalue weighted by Gasteiger charge is -2.07. The second kappa shape index (κ2) is 5.74. The molecule has 1 rings (SSSR count). The first-order chi connectivity index (χ1) is 7.90. The highest BCUT2D eigenvalue weighted by molar-refractivity contribution is 9.10. The number of halogens is 1. The molecule has 17 heavy (non-hydrogen) atoms. The molecule has 1 atom stereocenters. The Morgan fingerprint density at radius 2 is 2.29 bits per heavy atom. The molecule has 7 heteroatoms. The summed E-state index contributed by atoms with van der Waals surface area (Å²) in [5, 5.41) is 13.2. The van der Waals surface area contributed by atoms with E-state index in [0.29, 0.717) is 10.2 Å². The predicted octanol–water partition coefficient (Wildman–Crippen LogP) is 2.03. The van der Waals surface area contributed by atoms with Crippen molar-refractivity contribution < 1.29 is 9.72 Å². The number of nitrogens with zero attached hydrogens (tertiary/aromatic N) is 1. The minimum atomic E-state index is -0.502. The molecular weight excluding hydrogens is 290 g/mol. The molecule has 1 amide bonds. The van der Waals surface area contributed by atoms with Crippen molar-refractivity contribution in [3.8, 4) is 0 Å². The van der Waals surface area contributed by atoms with Gasteiger partial charge in [0.1, 0.15) is 0 Å². The van der Waals surface area contributed by atoms with Gasteiger partial charge in [-0.3, -0.25) is 14.9 Å². The van der Waals surface area contributed by atoms with Crippen LogP contribution in [0.25, 0.3) is 0 Å². The number of anilines is 1. The van der Waals surface area contributed by atoms with Crippen LogP contribution in [-0.2, 0) is 4.79 Å². The number of nitrogens with two attached hydrogens (primary N) is 1. The Kier molecular flexibility index (Phi) is 4.59. The van der Waals surface area contributed by atoms with Crippen LogP contribution in [0, 0.1) is 10.1 Å². The molecule has 6 nitrogen and oxygen atoms in total. The number of carbonyl (C=O) groups is 1. The Bertz CT molecular complexity index is 448. The first-order valence-corrected chi connectivity index (χ1v) is 5.69. The highest BCUT2D eigenvalue weighted by Gasteiger charge is 2.13. The van der Waals surface area contributed by atoms with Gasteiger partial charge in [-0.15, -0.1) is 0 Å². The SMILES string of the molecule is CC(N)CC(=O)Nc1ccc([N+](=O)[O-])c(Br)c1. The summed E-state index contributed by atoms with van der Waals surface area (Å²) in [6.07, 6.45) is 0.203. The molecule has 0 aromatic heterocycles. The Morgan fingerprint density at radius 3 is 2.76 bits per heavy atom. The third kappa shape index (κ3) is 4.12. The molecule has 1 unspecified atom stereocenters. The molecule has 1 aromatic carbocycles. The van der Waals surface area contributed by atoms with Gasteiger partial charge in [0.05, 0.1) is 9.40 Å². The number of rotatable bonds is 4. The zero-order valence-electron chi connectivity index (χ0n) is 9.14. The van der Waals surface area contributed by atoms with Crippen LogP contribution in [0.5, 0.6) is 0 Å². The summed E-state index contributed by atoms with van der Waals surface area (Å²) in [6, 6.07) is 4.06. The minimum absolute atomic E-state index is 0.0461. The van der Waals surface area contributed by atoms with Crippen LogP contribution >= 0.6 is 15.9 Å². The molecule has 0 saturated heterocycles. The number of hydrogen-bond donors (Lipinski definition) is 2. The van der Waals surface area contributed by atoms with Crippen molar-refractivity contribution in [1.29, 1.82) is 0 Å². The highest BCUT2D eigenvalue weighted by atomic mass is 79.9. The van der Waals surface area contributed by atoms with Crippen LogP contribution in [0.4, 0.5) is 11.4 Å². The van der Waals surface area contributed by atoms with Gasteiger partial charge in [0.25, 0.3) is 5.69 Å². The van der Waals surface area contributed by atoms with Crippen molar-refractivity contribution >= 4 is 33.2 Å². The molecule has 3 N–H and O–H groups in total. The van der Waals surface area contributed by atoms with Gasteiger partial charge in [0, 0.05) is 24.2 Å². The largest absolute Gasteiger partial charge is 0.327 e. The third-order valence-electron chi connectivity index (χ3n) is 1.94. The van der Waals surface area contributed by atoms with Crippen LogP contribution < -0.4 is 11.1 Å². The zero-order valence-corrected chi connectivity index (χ0v) is 10.7. The number of benzene rings is 1. The molecular formula is C10H12BrN3O3. The van der Waals surface area contributed by atoms with Crippen LogP contribution in [-0.4, -0.2) is 16.9 Å². The summed E-state index contributed by atoms with van der Waals surface area (Å²) in [5.74, 6) is -0.222. The Balaban J connectivity index is 2.77. The lowest BCUT2D eigenvalue weighted by atomic mass is 10.2. The van der Waals surface area contributed by atoms with E-state index in [-0.39, 0.29) is 24.1 Å². The normalized spacial score (nSPS) is 11.9. The molecule has 0 aliphatic rings. The molecule has 92 valence electrons. The van der Waals surface area contributed by atoms with E-state index in [1.165, 1.54) is 18.2 Å². The van der Waals surface area contributed by atoms with Crippen molar-refractivity contribution in [2.75, 3.05) is 5.32 Å². The number of nitro groups is 1. The van der Waals surface area contributed by atoms with Crippen LogP contribution in [0.3, 0.4) is 0 Å². The van der Waals surface area contributed by atoms with E-state index in [9.17, 15) is 14.9 Å². The van der Waals surface area contributed by atoms with Crippen molar-refractivity contribution in [2.45, 2.75) is 19.4 Å². The molecule has 0 aliphatic heterocycles.